The molecule has 3 rings (SSSR count). The molecule has 1 aliphatic heterocycles. The number of likely N-dealkylation sites (tertiary alicyclic amines) is 1. The van der Waals surface area contributed by atoms with E-state index in [1.54, 1.807) is 12.1 Å². The second kappa shape index (κ2) is 10.2. The highest BCUT2D eigenvalue weighted by Gasteiger charge is 2.25. The molecule has 1 aliphatic rings. The van der Waals surface area contributed by atoms with E-state index in [9.17, 15) is 4.79 Å². The van der Waals surface area contributed by atoms with Crippen LogP contribution in [0.4, 0.5) is 0 Å². The van der Waals surface area contributed by atoms with Crippen molar-refractivity contribution >= 4 is 29.1 Å². The van der Waals surface area contributed by atoms with Crippen LogP contribution in [0.1, 0.15) is 48.5 Å². The number of unbranched alkanes of at least 4 members (excludes halogenated alkanes) is 1. The summed E-state index contributed by atoms with van der Waals surface area (Å²) < 4.78 is 5.67. The number of halogens is 2. The van der Waals surface area contributed by atoms with Crippen LogP contribution in [-0.2, 0) is 6.42 Å². The van der Waals surface area contributed by atoms with Crippen molar-refractivity contribution in [3.63, 3.8) is 0 Å². The first-order valence-corrected chi connectivity index (χ1v) is 10.8. The summed E-state index contributed by atoms with van der Waals surface area (Å²) in [6.45, 7) is 4.19. The van der Waals surface area contributed by atoms with Gasteiger partial charge in [0.25, 0.3) is 5.91 Å². The van der Waals surface area contributed by atoms with Crippen molar-refractivity contribution in [3.05, 3.63) is 63.6 Å². The minimum atomic E-state index is -0.0120. The van der Waals surface area contributed by atoms with Gasteiger partial charge in [0.2, 0.25) is 0 Å². The molecule has 5 heteroatoms. The predicted molar refractivity (Wildman–Crippen MR) is 116 cm³/mol. The number of piperidine rings is 1. The van der Waals surface area contributed by atoms with Gasteiger partial charge in [-0.25, -0.2) is 0 Å². The van der Waals surface area contributed by atoms with Crippen molar-refractivity contribution in [1.29, 1.82) is 0 Å². The Morgan fingerprint density at radius 2 is 1.75 bits per heavy atom. The Bertz CT molecular complexity index is 763. The molecule has 0 unspecified atom stereocenters. The molecule has 3 nitrogen and oxygen atoms in total. The van der Waals surface area contributed by atoms with Crippen molar-refractivity contribution < 1.29 is 9.53 Å². The van der Waals surface area contributed by atoms with E-state index in [4.69, 9.17) is 27.9 Å². The average Bonchev–Trinajstić information content (AvgIpc) is 2.71. The molecule has 1 heterocycles. The van der Waals surface area contributed by atoms with Crippen molar-refractivity contribution in [2.75, 3.05) is 19.7 Å². The number of ether oxygens (including phenoxy) is 1. The third kappa shape index (κ3) is 5.42. The topological polar surface area (TPSA) is 29.5 Å². The number of nitrogens with zero attached hydrogens (tertiary/aromatic N) is 1. The molecule has 2 aromatic carbocycles. The van der Waals surface area contributed by atoms with E-state index >= 15 is 0 Å². The van der Waals surface area contributed by atoms with Crippen molar-refractivity contribution in [2.24, 2.45) is 5.92 Å². The number of rotatable bonds is 7. The van der Waals surface area contributed by atoms with E-state index in [1.165, 1.54) is 5.56 Å². The van der Waals surface area contributed by atoms with Crippen LogP contribution >= 0.6 is 23.2 Å². The van der Waals surface area contributed by atoms with Gasteiger partial charge in [0.1, 0.15) is 0 Å². The first kappa shape index (κ1) is 21.0. The molecule has 0 aromatic heterocycles. The molecule has 0 radical (unpaired) electrons. The monoisotopic (exact) mass is 419 g/mol. The number of carbonyl (C=O) groups excluding carboxylic acids is 1. The Kier molecular flexibility index (Phi) is 7.64. The number of carbonyl (C=O) groups is 1. The van der Waals surface area contributed by atoms with Gasteiger partial charge in [-0.2, -0.15) is 0 Å². The van der Waals surface area contributed by atoms with E-state index in [-0.39, 0.29) is 5.91 Å². The van der Waals surface area contributed by atoms with E-state index in [0.717, 1.165) is 45.2 Å². The maximum Gasteiger partial charge on any atom is 0.253 e. The van der Waals surface area contributed by atoms with Crippen LogP contribution in [0.15, 0.2) is 42.5 Å². The molecule has 2 aromatic rings. The lowest BCUT2D eigenvalue weighted by Crippen LogP contribution is -2.38. The van der Waals surface area contributed by atoms with Crippen LogP contribution in [0.5, 0.6) is 5.75 Å². The quantitative estimate of drug-likeness (QED) is 0.495. The smallest absolute Gasteiger partial charge is 0.253 e. The van der Waals surface area contributed by atoms with Gasteiger partial charge in [-0.3, -0.25) is 4.79 Å². The highest BCUT2D eigenvalue weighted by Crippen LogP contribution is 2.35. The van der Waals surface area contributed by atoms with Crippen LogP contribution in [0.2, 0.25) is 10.0 Å². The Morgan fingerprint density at radius 3 is 2.36 bits per heavy atom. The minimum absolute atomic E-state index is 0.0120. The zero-order valence-electron chi connectivity index (χ0n) is 16.3. The van der Waals surface area contributed by atoms with Gasteiger partial charge in [-0.05, 0) is 49.3 Å². The molecule has 0 aliphatic carbocycles. The number of amides is 1. The third-order valence-electron chi connectivity index (χ3n) is 5.26. The second-order valence-corrected chi connectivity index (χ2v) is 8.21. The second-order valence-electron chi connectivity index (χ2n) is 7.40. The van der Waals surface area contributed by atoms with Gasteiger partial charge in [-0.1, -0.05) is 66.9 Å². The van der Waals surface area contributed by atoms with Crippen LogP contribution in [0.25, 0.3) is 0 Å². The molecule has 1 saturated heterocycles. The van der Waals surface area contributed by atoms with Crippen LogP contribution < -0.4 is 4.74 Å². The lowest BCUT2D eigenvalue weighted by Gasteiger charge is -2.32. The molecule has 0 atom stereocenters. The molecular formula is C23H27Cl2NO2. The molecule has 1 amide bonds. The Morgan fingerprint density at radius 1 is 1.11 bits per heavy atom. The Hall–Kier alpha value is -1.71. The van der Waals surface area contributed by atoms with Crippen molar-refractivity contribution in [3.8, 4) is 5.75 Å². The summed E-state index contributed by atoms with van der Waals surface area (Å²) in [5.41, 5.74) is 1.89. The zero-order valence-corrected chi connectivity index (χ0v) is 17.8. The molecule has 0 bridgehead atoms. The Balaban J connectivity index is 1.59. The van der Waals surface area contributed by atoms with Gasteiger partial charge in [-0.15, -0.1) is 0 Å². The molecule has 0 saturated carbocycles. The summed E-state index contributed by atoms with van der Waals surface area (Å²) in [5, 5.41) is 0.789. The first-order valence-electron chi connectivity index (χ1n) is 10.0. The third-order valence-corrected chi connectivity index (χ3v) is 5.82. The van der Waals surface area contributed by atoms with Crippen LogP contribution in [0, 0.1) is 5.92 Å². The zero-order chi connectivity index (χ0) is 19.9. The van der Waals surface area contributed by atoms with Crippen LogP contribution in [-0.4, -0.2) is 30.5 Å². The van der Waals surface area contributed by atoms with Crippen molar-refractivity contribution in [1.82, 2.24) is 4.90 Å². The van der Waals surface area contributed by atoms with Gasteiger partial charge in [0, 0.05) is 18.7 Å². The fourth-order valence-corrected chi connectivity index (χ4v) is 4.21. The number of hydrogen-bond donors (Lipinski definition) is 0. The predicted octanol–water partition coefficient (Wildman–Crippen LogP) is 6.27. The van der Waals surface area contributed by atoms with E-state index in [2.05, 4.69) is 31.2 Å². The standard InChI is InChI=1S/C23H27Cl2NO2/c1-2-3-13-28-22-20(24)15-19(16-21(22)25)23(27)26-11-9-18(10-12-26)14-17-7-5-4-6-8-17/h4-8,15-16,18H,2-3,9-14H2,1H3. The number of hydrogen-bond acceptors (Lipinski definition) is 2. The summed E-state index contributed by atoms with van der Waals surface area (Å²) in [4.78, 5) is 14.8. The molecule has 0 N–H and O–H groups in total. The number of benzene rings is 2. The highest BCUT2D eigenvalue weighted by molar-refractivity contribution is 6.37. The maximum atomic E-state index is 12.9. The van der Waals surface area contributed by atoms with Crippen molar-refractivity contribution in [2.45, 2.75) is 39.0 Å². The summed E-state index contributed by atoms with van der Waals surface area (Å²) in [7, 11) is 0. The molecule has 0 spiro atoms. The van der Waals surface area contributed by atoms with E-state index < -0.39 is 0 Å². The summed E-state index contributed by atoms with van der Waals surface area (Å²) in [6.07, 6.45) is 5.07. The SMILES string of the molecule is CCCCOc1c(Cl)cc(C(=O)N2CCC(Cc3ccccc3)CC2)cc1Cl. The lowest BCUT2D eigenvalue weighted by molar-refractivity contribution is 0.0690. The fourth-order valence-electron chi connectivity index (χ4n) is 3.61. The Labute approximate surface area is 177 Å². The normalized spacial score (nSPS) is 14.9. The highest BCUT2D eigenvalue weighted by atomic mass is 35.5. The van der Waals surface area contributed by atoms with Gasteiger partial charge in [0.15, 0.2) is 5.75 Å². The minimum Gasteiger partial charge on any atom is -0.490 e. The van der Waals surface area contributed by atoms with E-state index in [0.29, 0.717) is 33.9 Å². The summed E-state index contributed by atoms with van der Waals surface area (Å²) in [6, 6.07) is 13.9. The van der Waals surface area contributed by atoms with E-state index in [1.807, 2.05) is 11.0 Å². The van der Waals surface area contributed by atoms with Gasteiger partial charge in [0.05, 0.1) is 16.7 Å². The summed E-state index contributed by atoms with van der Waals surface area (Å²) in [5.74, 6) is 1.07. The maximum absolute atomic E-state index is 12.9. The average molecular weight is 420 g/mol. The lowest BCUT2D eigenvalue weighted by atomic mass is 9.90. The molecular weight excluding hydrogens is 393 g/mol. The van der Waals surface area contributed by atoms with Crippen LogP contribution in [0.3, 0.4) is 0 Å². The summed E-state index contributed by atoms with van der Waals surface area (Å²) >= 11 is 12.7. The first-order chi connectivity index (χ1) is 13.6. The molecule has 28 heavy (non-hydrogen) atoms. The molecule has 150 valence electrons. The van der Waals surface area contributed by atoms with Gasteiger partial charge >= 0.3 is 0 Å². The fraction of sp³-hybridized carbons (Fsp3) is 0.435. The largest absolute Gasteiger partial charge is 0.490 e. The van der Waals surface area contributed by atoms with Gasteiger partial charge < -0.3 is 9.64 Å². The molecule has 1 fully saturated rings.